The highest BCUT2D eigenvalue weighted by atomic mass is 35.5. The standard InChI is InChI=1S/C21H20ClN3O3S/c1-3-28-16-9-10-18-15(11-16)12-17(21(22)23-18)20-13-19(14-7-5-4-6-8-14)24-25(20)29(2,26)27/h4-12,20H,3,13H2,1-2H3/t20-/m0/s1. The molecule has 2 heterocycles. The SMILES string of the molecule is CCOc1ccc2nc(Cl)c([C@@H]3CC(c4ccccc4)=NN3S(C)(=O)=O)cc2c1. The van der Waals surface area contributed by atoms with E-state index in [-0.39, 0.29) is 5.15 Å². The molecule has 0 bridgehead atoms. The third-order valence-electron chi connectivity index (χ3n) is 4.76. The van der Waals surface area contributed by atoms with Crippen LogP contribution in [0.4, 0.5) is 0 Å². The van der Waals surface area contributed by atoms with Gasteiger partial charge in [-0.1, -0.05) is 41.9 Å². The summed E-state index contributed by atoms with van der Waals surface area (Å²) in [7, 11) is -3.59. The van der Waals surface area contributed by atoms with Crippen molar-refractivity contribution in [2.45, 2.75) is 19.4 Å². The zero-order valence-corrected chi connectivity index (χ0v) is 17.6. The van der Waals surface area contributed by atoms with Gasteiger partial charge in [0.25, 0.3) is 0 Å². The average Bonchev–Trinajstić information content (AvgIpc) is 3.14. The predicted octanol–water partition coefficient (Wildman–Crippen LogP) is 4.40. The first-order chi connectivity index (χ1) is 13.9. The lowest BCUT2D eigenvalue weighted by atomic mass is 9.99. The Balaban J connectivity index is 1.79. The monoisotopic (exact) mass is 429 g/mol. The largest absolute Gasteiger partial charge is 0.494 e. The van der Waals surface area contributed by atoms with Crippen molar-refractivity contribution in [1.82, 2.24) is 9.40 Å². The summed E-state index contributed by atoms with van der Waals surface area (Å²) in [4.78, 5) is 4.47. The second-order valence-electron chi connectivity index (χ2n) is 6.82. The molecule has 0 fully saturated rings. The lowest BCUT2D eigenvalue weighted by molar-refractivity contribution is 0.340. The molecule has 1 aliphatic rings. The number of aromatic nitrogens is 1. The molecule has 0 saturated carbocycles. The number of sulfonamides is 1. The molecule has 29 heavy (non-hydrogen) atoms. The van der Waals surface area contributed by atoms with Crippen LogP contribution >= 0.6 is 11.6 Å². The van der Waals surface area contributed by atoms with Gasteiger partial charge in [0.05, 0.1) is 30.1 Å². The molecular formula is C21H20ClN3O3S. The van der Waals surface area contributed by atoms with Gasteiger partial charge in [-0.2, -0.15) is 9.52 Å². The molecule has 2 aromatic carbocycles. The van der Waals surface area contributed by atoms with Crippen molar-refractivity contribution in [2.24, 2.45) is 5.10 Å². The molecule has 1 aromatic heterocycles. The van der Waals surface area contributed by atoms with Crippen molar-refractivity contribution >= 4 is 38.2 Å². The Morgan fingerprint density at radius 3 is 2.62 bits per heavy atom. The first-order valence-electron chi connectivity index (χ1n) is 9.22. The number of hydrazone groups is 1. The fraction of sp³-hybridized carbons (Fsp3) is 0.238. The normalized spacial score (nSPS) is 16.9. The maximum absolute atomic E-state index is 12.4. The molecule has 4 rings (SSSR count). The minimum atomic E-state index is -3.59. The van der Waals surface area contributed by atoms with E-state index in [9.17, 15) is 8.42 Å². The highest BCUT2D eigenvalue weighted by Gasteiger charge is 2.36. The molecule has 0 saturated heterocycles. The van der Waals surface area contributed by atoms with Gasteiger partial charge in [-0.3, -0.25) is 0 Å². The lowest BCUT2D eigenvalue weighted by Gasteiger charge is -2.22. The van der Waals surface area contributed by atoms with Crippen molar-refractivity contribution in [2.75, 3.05) is 12.9 Å². The molecule has 8 heteroatoms. The summed E-state index contributed by atoms with van der Waals surface area (Å²) < 4.78 is 31.6. The fourth-order valence-electron chi connectivity index (χ4n) is 3.47. The molecule has 0 radical (unpaired) electrons. The number of pyridine rings is 1. The summed E-state index contributed by atoms with van der Waals surface area (Å²) >= 11 is 6.48. The number of rotatable bonds is 5. The molecule has 6 nitrogen and oxygen atoms in total. The van der Waals surface area contributed by atoms with E-state index in [0.717, 1.165) is 32.9 Å². The van der Waals surface area contributed by atoms with Gasteiger partial charge in [-0.25, -0.2) is 13.4 Å². The smallest absolute Gasteiger partial charge is 0.247 e. The third-order valence-corrected chi connectivity index (χ3v) is 6.07. The molecule has 0 unspecified atom stereocenters. The first kappa shape index (κ1) is 19.7. The first-order valence-corrected chi connectivity index (χ1v) is 11.4. The van der Waals surface area contributed by atoms with Crippen molar-refractivity contribution in [3.05, 3.63) is 70.9 Å². The van der Waals surface area contributed by atoms with Gasteiger partial charge in [-0.15, -0.1) is 0 Å². The van der Waals surface area contributed by atoms with Crippen molar-refractivity contribution in [3.8, 4) is 5.75 Å². The molecule has 1 aliphatic heterocycles. The van der Waals surface area contributed by atoms with E-state index in [1.54, 1.807) is 0 Å². The number of halogens is 1. The Kier molecular flexibility index (Phi) is 5.19. The number of hydrogen-bond acceptors (Lipinski definition) is 5. The Morgan fingerprint density at radius 1 is 1.17 bits per heavy atom. The third kappa shape index (κ3) is 3.93. The van der Waals surface area contributed by atoms with E-state index in [0.29, 0.717) is 24.3 Å². The van der Waals surface area contributed by atoms with E-state index in [4.69, 9.17) is 16.3 Å². The van der Waals surface area contributed by atoms with Gasteiger partial charge >= 0.3 is 0 Å². The molecule has 3 aromatic rings. The molecule has 0 spiro atoms. The van der Waals surface area contributed by atoms with Gasteiger partial charge in [0.1, 0.15) is 10.9 Å². The second-order valence-corrected chi connectivity index (χ2v) is 9.02. The summed E-state index contributed by atoms with van der Waals surface area (Å²) in [5.74, 6) is 0.725. The van der Waals surface area contributed by atoms with Crippen LogP contribution in [0.3, 0.4) is 0 Å². The summed E-state index contributed by atoms with van der Waals surface area (Å²) in [6, 6.07) is 16.4. The number of ether oxygens (including phenoxy) is 1. The van der Waals surface area contributed by atoms with Gasteiger partial charge in [0.2, 0.25) is 10.0 Å². The Bertz CT molecular complexity index is 1200. The van der Waals surface area contributed by atoms with Crippen molar-refractivity contribution in [3.63, 3.8) is 0 Å². The van der Waals surface area contributed by atoms with Crippen LogP contribution in [0.1, 0.15) is 30.5 Å². The summed E-state index contributed by atoms with van der Waals surface area (Å²) in [6.07, 6.45) is 1.56. The lowest BCUT2D eigenvalue weighted by Crippen LogP contribution is -2.26. The van der Waals surface area contributed by atoms with Crippen LogP contribution < -0.4 is 4.74 Å². The molecule has 0 N–H and O–H groups in total. The summed E-state index contributed by atoms with van der Waals surface area (Å²) in [5.41, 5.74) is 2.91. The van der Waals surface area contributed by atoms with Crippen LogP contribution in [-0.4, -0.2) is 36.4 Å². The fourth-order valence-corrected chi connectivity index (χ4v) is 4.64. The van der Waals surface area contributed by atoms with Crippen LogP contribution in [0.25, 0.3) is 10.9 Å². The van der Waals surface area contributed by atoms with Crippen LogP contribution in [0.2, 0.25) is 5.15 Å². The van der Waals surface area contributed by atoms with Crippen LogP contribution in [-0.2, 0) is 10.0 Å². The molecule has 0 aliphatic carbocycles. The molecule has 1 atom stereocenters. The zero-order chi connectivity index (χ0) is 20.6. The van der Waals surface area contributed by atoms with Crippen molar-refractivity contribution < 1.29 is 13.2 Å². The topological polar surface area (TPSA) is 71.9 Å². The van der Waals surface area contributed by atoms with Gasteiger partial charge in [0.15, 0.2) is 0 Å². The van der Waals surface area contributed by atoms with Gasteiger partial charge < -0.3 is 4.74 Å². The van der Waals surface area contributed by atoms with Crippen LogP contribution in [0, 0.1) is 0 Å². The van der Waals surface area contributed by atoms with Crippen LogP contribution in [0.15, 0.2) is 59.7 Å². The quantitative estimate of drug-likeness (QED) is 0.563. The minimum absolute atomic E-state index is 0.268. The van der Waals surface area contributed by atoms with E-state index >= 15 is 0 Å². The molecular weight excluding hydrogens is 410 g/mol. The Morgan fingerprint density at radius 2 is 1.93 bits per heavy atom. The van der Waals surface area contributed by atoms with E-state index < -0.39 is 16.1 Å². The number of nitrogens with zero attached hydrogens (tertiary/aromatic N) is 3. The summed E-state index contributed by atoms with van der Waals surface area (Å²) in [5, 5.41) is 5.51. The number of fused-ring (bicyclic) bond motifs is 1. The van der Waals surface area contributed by atoms with Gasteiger partial charge in [0, 0.05) is 17.4 Å². The summed E-state index contributed by atoms with van der Waals surface area (Å²) in [6.45, 7) is 2.47. The molecule has 150 valence electrons. The maximum Gasteiger partial charge on any atom is 0.247 e. The van der Waals surface area contributed by atoms with Crippen molar-refractivity contribution in [1.29, 1.82) is 0 Å². The predicted molar refractivity (Wildman–Crippen MR) is 115 cm³/mol. The van der Waals surface area contributed by atoms with Crippen LogP contribution in [0.5, 0.6) is 5.75 Å². The molecule has 0 amide bonds. The Labute approximate surface area is 174 Å². The van der Waals surface area contributed by atoms with E-state index in [2.05, 4.69) is 10.1 Å². The number of hydrogen-bond donors (Lipinski definition) is 0. The number of benzene rings is 2. The average molecular weight is 430 g/mol. The zero-order valence-electron chi connectivity index (χ0n) is 16.0. The highest BCUT2D eigenvalue weighted by molar-refractivity contribution is 7.88. The van der Waals surface area contributed by atoms with E-state index in [1.807, 2.05) is 61.5 Å². The Hall–Kier alpha value is -2.64. The minimum Gasteiger partial charge on any atom is -0.494 e. The van der Waals surface area contributed by atoms with E-state index in [1.165, 1.54) is 0 Å². The van der Waals surface area contributed by atoms with Gasteiger partial charge in [-0.05, 0) is 36.8 Å². The second kappa shape index (κ2) is 7.65. The highest BCUT2D eigenvalue weighted by Crippen LogP contribution is 2.38. The maximum atomic E-state index is 12.4.